The standard InChI is InChI=1S/C11H15N3.C2H6/c1-10-3-2-4-14(7-10)8-11-5-12-9-13-6-11;1-2/h5-6,9H,1-4,7-8H2;1-2H3. The van der Waals surface area contributed by atoms with E-state index in [9.17, 15) is 0 Å². The molecule has 3 heteroatoms. The average Bonchev–Trinajstić information content (AvgIpc) is 2.33. The predicted octanol–water partition coefficient (Wildman–Crippen LogP) is 2.65. The second-order valence-corrected chi connectivity index (χ2v) is 3.81. The lowest BCUT2D eigenvalue weighted by Crippen LogP contribution is -2.30. The zero-order chi connectivity index (χ0) is 11.8. The molecule has 0 bridgehead atoms. The number of nitrogens with zero attached hydrogens (tertiary/aromatic N) is 3. The van der Waals surface area contributed by atoms with Gasteiger partial charge in [0.2, 0.25) is 0 Å². The molecule has 16 heavy (non-hydrogen) atoms. The number of piperidine rings is 1. The van der Waals surface area contributed by atoms with Gasteiger partial charge in [0, 0.05) is 31.0 Å². The minimum absolute atomic E-state index is 0.944. The quantitative estimate of drug-likeness (QED) is 0.716. The zero-order valence-electron chi connectivity index (χ0n) is 10.3. The summed E-state index contributed by atoms with van der Waals surface area (Å²) >= 11 is 0. The molecule has 2 heterocycles. The van der Waals surface area contributed by atoms with E-state index in [2.05, 4.69) is 21.4 Å². The Kier molecular flexibility index (Phi) is 5.72. The molecule has 0 atom stereocenters. The van der Waals surface area contributed by atoms with E-state index in [0.29, 0.717) is 0 Å². The van der Waals surface area contributed by atoms with E-state index in [-0.39, 0.29) is 0 Å². The fraction of sp³-hybridized carbons (Fsp3) is 0.538. The zero-order valence-corrected chi connectivity index (χ0v) is 10.3. The molecule has 0 aliphatic carbocycles. The highest BCUT2D eigenvalue weighted by Gasteiger charge is 2.12. The van der Waals surface area contributed by atoms with E-state index < -0.39 is 0 Å². The van der Waals surface area contributed by atoms with Crippen molar-refractivity contribution >= 4 is 0 Å². The molecule has 0 spiro atoms. The second kappa shape index (κ2) is 7.12. The van der Waals surface area contributed by atoms with Crippen molar-refractivity contribution in [1.82, 2.24) is 14.9 Å². The predicted molar refractivity (Wildman–Crippen MR) is 67.0 cm³/mol. The van der Waals surface area contributed by atoms with E-state index in [0.717, 1.165) is 19.6 Å². The number of aromatic nitrogens is 2. The molecule has 0 aromatic carbocycles. The minimum atomic E-state index is 0.944. The normalized spacial score (nSPS) is 16.5. The third-order valence-corrected chi connectivity index (χ3v) is 2.47. The summed E-state index contributed by atoms with van der Waals surface area (Å²) in [5.41, 5.74) is 2.52. The fourth-order valence-corrected chi connectivity index (χ4v) is 1.83. The van der Waals surface area contributed by atoms with Crippen LogP contribution in [-0.2, 0) is 6.54 Å². The molecular formula is C13H21N3. The fourth-order valence-electron chi connectivity index (χ4n) is 1.83. The van der Waals surface area contributed by atoms with Gasteiger partial charge in [0.15, 0.2) is 0 Å². The molecule has 1 aromatic rings. The Morgan fingerprint density at radius 2 is 2.00 bits per heavy atom. The van der Waals surface area contributed by atoms with Crippen molar-refractivity contribution in [3.05, 3.63) is 36.4 Å². The van der Waals surface area contributed by atoms with Crippen LogP contribution in [0, 0.1) is 0 Å². The third-order valence-electron chi connectivity index (χ3n) is 2.47. The molecule has 1 aromatic heterocycles. The SMILES string of the molecule is C=C1CCCN(Cc2cncnc2)C1.CC. The Bertz CT molecular complexity index is 308. The van der Waals surface area contributed by atoms with Crippen molar-refractivity contribution in [3.63, 3.8) is 0 Å². The maximum Gasteiger partial charge on any atom is 0.115 e. The molecule has 1 aliphatic heterocycles. The van der Waals surface area contributed by atoms with Crippen LogP contribution in [0.2, 0.25) is 0 Å². The van der Waals surface area contributed by atoms with Gasteiger partial charge < -0.3 is 0 Å². The monoisotopic (exact) mass is 219 g/mol. The first-order valence-electron chi connectivity index (χ1n) is 5.97. The van der Waals surface area contributed by atoms with E-state index in [1.165, 1.54) is 24.0 Å². The summed E-state index contributed by atoms with van der Waals surface area (Å²) in [7, 11) is 0. The summed E-state index contributed by atoms with van der Waals surface area (Å²) in [6.07, 6.45) is 7.74. The summed E-state index contributed by atoms with van der Waals surface area (Å²) in [5.74, 6) is 0. The molecule has 2 rings (SSSR count). The van der Waals surface area contributed by atoms with Crippen molar-refractivity contribution in [2.45, 2.75) is 33.2 Å². The minimum Gasteiger partial charge on any atom is -0.295 e. The highest BCUT2D eigenvalue weighted by Crippen LogP contribution is 2.15. The summed E-state index contributed by atoms with van der Waals surface area (Å²) < 4.78 is 0. The third kappa shape index (κ3) is 4.11. The van der Waals surface area contributed by atoms with Gasteiger partial charge in [0.1, 0.15) is 6.33 Å². The van der Waals surface area contributed by atoms with Gasteiger partial charge in [-0.3, -0.25) is 4.90 Å². The van der Waals surface area contributed by atoms with E-state index in [4.69, 9.17) is 0 Å². The first-order chi connectivity index (χ1) is 7.84. The second-order valence-electron chi connectivity index (χ2n) is 3.81. The molecule has 1 saturated heterocycles. The van der Waals surface area contributed by atoms with Gasteiger partial charge in [-0.1, -0.05) is 26.0 Å². The maximum absolute atomic E-state index is 4.03. The number of hydrogen-bond donors (Lipinski definition) is 0. The van der Waals surface area contributed by atoms with Gasteiger partial charge in [-0.2, -0.15) is 0 Å². The molecule has 0 amide bonds. The van der Waals surface area contributed by atoms with E-state index in [1.807, 2.05) is 26.2 Å². The van der Waals surface area contributed by atoms with Crippen LogP contribution in [-0.4, -0.2) is 28.0 Å². The van der Waals surface area contributed by atoms with E-state index in [1.54, 1.807) is 6.33 Å². The van der Waals surface area contributed by atoms with Crippen molar-refractivity contribution < 1.29 is 0 Å². The van der Waals surface area contributed by atoms with Gasteiger partial charge in [0.25, 0.3) is 0 Å². The molecule has 0 saturated carbocycles. The van der Waals surface area contributed by atoms with Crippen LogP contribution >= 0.6 is 0 Å². The van der Waals surface area contributed by atoms with Crippen molar-refractivity contribution in [3.8, 4) is 0 Å². The van der Waals surface area contributed by atoms with Crippen molar-refractivity contribution in [2.75, 3.05) is 13.1 Å². The number of likely N-dealkylation sites (tertiary alicyclic amines) is 1. The molecule has 0 unspecified atom stereocenters. The molecule has 0 N–H and O–H groups in total. The first kappa shape index (κ1) is 12.8. The summed E-state index contributed by atoms with van der Waals surface area (Å²) in [5, 5.41) is 0. The lowest BCUT2D eigenvalue weighted by Gasteiger charge is -2.27. The van der Waals surface area contributed by atoms with Gasteiger partial charge in [-0.05, 0) is 19.4 Å². The lowest BCUT2D eigenvalue weighted by molar-refractivity contribution is 0.257. The topological polar surface area (TPSA) is 29.0 Å². The Morgan fingerprint density at radius 3 is 2.62 bits per heavy atom. The summed E-state index contributed by atoms with van der Waals surface area (Å²) in [6, 6.07) is 0. The van der Waals surface area contributed by atoms with Crippen LogP contribution < -0.4 is 0 Å². The number of hydrogen-bond acceptors (Lipinski definition) is 3. The van der Waals surface area contributed by atoms with Crippen LogP contribution in [0.15, 0.2) is 30.9 Å². The van der Waals surface area contributed by atoms with Crippen LogP contribution in [0.1, 0.15) is 32.3 Å². The van der Waals surface area contributed by atoms with Crippen LogP contribution in [0.3, 0.4) is 0 Å². The van der Waals surface area contributed by atoms with Gasteiger partial charge in [0.05, 0.1) is 0 Å². The smallest absolute Gasteiger partial charge is 0.115 e. The molecule has 88 valence electrons. The lowest BCUT2D eigenvalue weighted by atomic mass is 10.1. The highest BCUT2D eigenvalue weighted by molar-refractivity contribution is 5.06. The molecule has 0 radical (unpaired) electrons. The average molecular weight is 219 g/mol. The number of rotatable bonds is 2. The summed E-state index contributed by atoms with van der Waals surface area (Å²) in [6.45, 7) is 11.2. The Morgan fingerprint density at radius 1 is 1.31 bits per heavy atom. The largest absolute Gasteiger partial charge is 0.295 e. The summed E-state index contributed by atoms with van der Waals surface area (Å²) in [4.78, 5) is 10.4. The van der Waals surface area contributed by atoms with Crippen LogP contribution in [0.4, 0.5) is 0 Å². The molecule has 1 aliphatic rings. The Hall–Kier alpha value is -1.22. The van der Waals surface area contributed by atoms with E-state index >= 15 is 0 Å². The van der Waals surface area contributed by atoms with Gasteiger partial charge in [-0.15, -0.1) is 0 Å². The van der Waals surface area contributed by atoms with Crippen LogP contribution in [0.25, 0.3) is 0 Å². The Labute approximate surface area is 98.2 Å². The maximum atomic E-state index is 4.03. The molecular weight excluding hydrogens is 198 g/mol. The van der Waals surface area contributed by atoms with Gasteiger partial charge in [-0.25, -0.2) is 9.97 Å². The van der Waals surface area contributed by atoms with Crippen molar-refractivity contribution in [1.29, 1.82) is 0 Å². The van der Waals surface area contributed by atoms with Crippen molar-refractivity contribution in [2.24, 2.45) is 0 Å². The first-order valence-corrected chi connectivity index (χ1v) is 5.97. The van der Waals surface area contributed by atoms with Gasteiger partial charge >= 0.3 is 0 Å². The molecule has 1 fully saturated rings. The highest BCUT2D eigenvalue weighted by atomic mass is 15.1. The Balaban J connectivity index is 0.000000606. The molecule has 3 nitrogen and oxygen atoms in total. The van der Waals surface area contributed by atoms with Crippen LogP contribution in [0.5, 0.6) is 0 Å².